The van der Waals surface area contributed by atoms with Crippen molar-refractivity contribution >= 4 is 35.3 Å². The standard InChI is InChI=1S/C27H32Cl2N2O6/c1-15-11-19(28)24(20(29)12-15)36-10-9-35-22-8-5-16(14-30-22)18-13-17-6-7-21(23(18)25(32)33)31(17)26(34)37-27(2,3)4/h5,8,11-12,14,17-18,21,23H,6-7,9-10,13H2,1-4H3,(H,32,33). The van der Waals surface area contributed by atoms with Gasteiger partial charge in [-0.1, -0.05) is 29.3 Å². The minimum Gasteiger partial charge on any atom is -0.487 e. The summed E-state index contributed by atoms with van der Waals surface area (Å²) in [6, 6.07) is 6.65. The van der Waals surface area contributed by atoms with Gasteiger partial charge in [0.05, 0.1) is 16.0 Å². The molecule has 0 radical (unpaired) electrons. The summed E-state index contributed by atoms with van der Waals surface area (Å²) in [5.74, 6) is -1.11. The van der Waals surface area contributed by atoms with Gasteiger partial charge in [0.1, 0.15) is 18.8 Å². The molecule has 4 atom stereocenters. The summed E-state index contributed by atoms with van der Waals surface area (Å²) in [7, 11) is 0. The van der Waals surface area contributed by atoms with Crippen molar-refractivity contribution in [2.75, 3.05) is 13.2 Å². The maximum atomic E-state index is 12.9. The molecular formula is C27H32Cl2N2O6. The number of amides is 1. The van der Waals surface area contributed by atoms with Gasteiger partial charge in [0.2, 0.25) is 5.88 Å². The first kappa shape index (κ1) is 27.3. The van der Waals surface area contributed by atoms with E-state index in [4.69, 9.17) is 37.4 Å². The van der Waals surface area contributed by atoms with Gasteiger partial charge in [-0.15, -0.1) is 0 Å². The van der Waals surface area contributed by atoms with Crippen molar-refractivity contribution in [1.29, 1.82) is 0 Å². The van der Waals surface area contributed by atoms with Gasteiger partial charge >= 0.3 is 12.1 Å². The fraction of sp³-hybridized carbons (Fsp3) is 0.519. The van der Waals surface area contributed by atoms with E-state index in [9.17, 15) is 14.7 Å². The van der Waals surface area contributed by atoms with Crippen molar-refractivity contribution < 1.29 is 28.9 Å². The number of ether oxygens (including phenoxy) is 3. The van der Waals surface area contributed by atoms with Crippen LogP contribution in [0.25, 0.3) is 0 Å². The predicted molar refractivity (Wildman–Crippen MR) is 140 cm³/mol. The number of halogens is 2. The Labute approximate surface area is 226 Å². The number of carboxylic acids is 1. The van der Waals surface area contributed by atoms with E-state index in [1.165, 1.54) is 0 Å². The molecule has 0 aliphatic carbocycles. The van der Waals surface area contributed by atoms with Crippen LogP contribution in [0.3, 0.4) is 0 Å². The molecule has 1 N–H and O–H groups in total. The number of carboxylic acid groups (broad SMARTS) is 1. The summed E-state index contributed by atoms with van der Waals surface area (Å²) < 4.78 is 16.9. The Bertz CT molecular complexity index is 1130. The van der Waals surface area contributed by atoms with E-state index in [1.54, 1.807) is 29.3 Å². The molecule has 2 saturated heterocycles. The lowest BCUT2D eigenvalue weighted by molar-refractivity contribution is -0.146. The van der Waals surface area contributed by atoms with E-state index < -0.39 is 29.6 Å². The highest BCUT2D eigenvalue weighted by atomic mass is 35.5. The Morgan fingerprint density at radius 2 is 1.78 bits per heavy atom. The largest absolute Gasteiger partial charge is 0.487 e. The lowest BCUT2D eigenvalue weighted by Gasteiger charge is -2.43. The van der Waals surface area contributed by atoms with Crippen LogP contribution in [0.15, 0.2) is 30.5 Å². The van der Waals surface area contributed by atoms with E-state index >= 15 is 0 Å². The van der Waals surface area contributed by atoms with Gasteiger partial charge in [0, 0.05) is 30.3 Å². The van der Waals surface area contributed by atoms with Crippen molar-refractivity contribution in [2.24, 2.45) is 5.92 Å². The third-order valence-corrected chi connectivity index (χ3v) is 7.28. The second kappa shape index (κ2) is 11.0. The molecule has 1 aromatic carbocycles. The average Bonchev–Trinajstić information content (AvgIpc) is 3.10. The zero-order chi connectivity index (χ0) is 26.9. The first-order valence-electron chi connectivity index (χ1n) is 12.4. The Morgan fingerprint density at radius 3 is 2.38 bits per heavy atom. The quantitative estimate of drug-likeness (QED) is 0.415. The number of hydrogen-bond donors (Lipinski definition) is 1. The third kappa shape index (κ3) is 6.24. The van der Waals surface area contributed by atoms with Crippen LogP contribution in [0.2, 0.25) is 10.0 Å². The van der Waals surface area contributed by atoms with Crippen molar-refractivity contribution in [2.45, 2.75) is 70.6 Å². The maximum Gasteiger partial charge on any atom is 0.410 e. The normalized spacial score (nSPS) is 23.0. The second-order valence-electron chi connectivity index (χ2n) is 10.6. The number of pyridine rings is 1. The Morgan fingerprint density at radius 1 is 1.11 bits per heavy atom. The van der Waals surface area contributed by atoms with Crippen molar-refractivity contribution in [3.63, 3.8) is 0 Å². The zero-order valence-corrected chi connectivity index (χ0v) is 22.9. The van der Waals surface area contributed by atoms with Gasteiger partial charge in [-0.2, -0.15) is 0 Å². The van der Waals surface area contributed by atoms with E-state index in [0.717, 1.165) is 17.5 Å². The molecule has 2 aliphatic heterocycles. The van der Waals surface area contributed by atoms with Crippen LogP contribution in [0.4, 0.5) is 4.79 Å². The summed E-state index contributed by atoms with van der Waals surface area (Å²) >= 11 is 12.4. The molecule has 37 heavy (non-hydrogen) atoms. The number of hydrogen-bond acceptors (Lipinski definition) is 6. The molecule has 0 spiro atoms. The number of carbonyl (C=O) groups is 2. The van der Waals surface area contributed by atoms with Gasteiger partial charge < -0.3 is 24.2 Å². The molecule has 10 heteroatoms. The van der Waals surface area contributed by atoms with Crippen molar-refractivity contribution in [3.05, 3.63) is 51.6 Å². The van der Waals surface area contributed by atoms with Gasteiger partial charge in [-0.3, -0.25) is 4.79 Å². The fourth-order valence-electron chi connectivity index (χ4n) is 5.29. The van der Waals surface area contributed by atoms with Crippen LogP contribution in [-0.2, 0) is 9.53 Å². The van der Waals surface area contributed by atoms with Crippen molar-refractivity contribution in [1.82, 2.24) is 9.88 Å². The van der Waals surface area contributed by atoms with E-state index in [1.807, 2.05) is 33.8 Å². The highest BCUT2D eigenvalue weighted by molar-refractivity contribution is 6.37. The van der Waals surface area contributed by atoms with Gasteiger partial charge in [0.15, 0.2) is 5.75 Å². The molecule has 4 rings (SSSR count). The fourth-order valence-corrected chi connectivity index (χ4v) is 6.00. The van der Waals surface area contributed by atoms with E-state index in [2.05, 4.69) is 4.98 Å². The molecule has 1 amide bonds. The monoisotopic (exact) mass is 550 g/mol. The first-order chi connectivity index (χ1) is 17.4. The predicted octanol–water partition coefficient (Wildman–Crippen LogP) is 6.11. The summed E-state index contributed by atoms with van der Waals surface area (Å²) in [5, 5.41) is 11.0. The summed E-state index contributed by atoms with van der Waals surface area (Å²) in [5.41, 5.74) is 1.11. The summed E-state index contributed by atoms with van der Waals surface area (Å²) in [4.78, 5) is 31.2. The number of rotatable bonds is 7. The Hall–Kier alpha value is -2.71. The molecular weight excluding hydrogens is 519 g/mol. The number of carbonyl (C=O) groups excluding carboxylic acids is 1. The van der Waals surface area contributed by atoms with E-state index in [-0.39, 0.29) is 25.2 Å². The topological polar surface area (TPSA) is 98.2 Å². The number of piperidine rings is 1. The summed E-state index contributed by atoms with van der Waals surface area (Å²) in [6.07, 6.45) is 3.16. The number of aryl methyl sites for hydroxylation is 1. The number of fused-ring (bicyclic) bond motifs is 2. The molecule has 0 saturated carbocycles. The SMILES string of the molecule is Cc1cc(Cl)c(OCCOc2ccc(C3CC4CCC(C3C(=O)O)N4C(=O)OC(C)(C)C)cn2)c(Cl)c1. The third-order valence-electron chi connectivity index (χ3n) is 6.72. The van der Waals surface area contributed by atoms with Crippen molar-refractivity contribution in [3.8, 4) is 11.6 Å². The van der Waals surface area contributed by atoms with Gasteiger partial charge in [0.25, 0.3) is 0 Å². The number of aliphatic carboxylic acids is 1. The number of aromatic nitrogens is 1. The molecule has 4 unspecified atom stereocenters. The minimum atomic E-state index is -0.921. The molecule has 2 aromatic rings. The van der Waals surface area contributed by atoms with Crippen LogP contribution >= 0.6 is 23.2 Å². The summed E-state index contributed by atoms with van der Waals surface area (Å²) in [6.45, 7) is 7.77. The smallest absolute Gasteiger partial charge is 0.410 e. The molecule has 1 aromatic heterocycles. The molecule has 2 aliphatic rings. The minimum absolute atomic E-state index is 0.0612. The van der Waals surface area contributed by atoms with Gasteiger partial charge in [-0.05, 0) is 70.2 Å². The lowest BCUT2D eigenvalue weighted by Crippen LogP contribution is -2.54. The van der Waals surface area contributed by atoms with Crippen LogP contribution in [0.1, 0.15) is 57.1 Å². The molecule has 2 bridgehead atoms. The molecule has 200 valence electrons. The highest BCUT2D eigenvalue weighted by Crippen LogP contribution is 2.47. The average molecular weight is 551 g/mol. The highest BCUT2D eigenvalue weighted by Gasteiger charge is 2.53. The van der Waals surface area contributed by atoms with Crippen LogP contribution in [0, 0.1) is 12.8 Å². The molecule has 8 nitrogen and oxygen atoms in total. The first-order valence-corrected chi connectivity index (χ1v) is 13.1. The zero-order valence-electron chi connectivity index (χ0n) is 21.4. The van der Waals surface area contributed by atoms with Gasteiger partial charge in [-0.25, -0.2) is 9.78 Å². The van der Waals surface area contributed by atoms with Crippen LogP contribution in [0.5, 0.6) is 11.6 Å². The lowest BCUT2D eigenvalue weighted by atomic mass is 9.76. The Kier molecular flexibility index (Phi) is 8.09. The molecule has 3 heterocycles. The number of benzene rings is 1. The maximum absolute atomic E-state index is 12.9. The van der Waals surface area contributed by atoms with Crippen LogP contribution in [-0.4, -0.2) is 58.0 Å². The van der Waals surface area contributed by atoms with E-state index in [0.29, 0.717) is 34.5 Å². The number of nitrogens with zero attached hydrogens (tertiary/aromatic N) is 2. The van der Waals surface area contributed by atoms with Crippen LogP contribution < -0.4 is 9.47 Å². The second-order valence-corrected chi connectivity index (χ2v) is 11.4. The molecule has 2 fully saturated rings. The Balaban J connectivity index is 1.38.